The highest BCUT2D eigenvalue weighted by Crippen LogP contribution is 2.38. The van der Waals surface area contributed by atoms with Gasteiger partial charge in [-0.15, -0.1) is 11.6 Å². The first-order valence-corrected chi connectivity index (χ1v) is 7.76. The smallest absolute Gasteiger partial charge is 0.127 e. The lowest BCUT2D eigenvalue weighted by Gasteiger charge is -2.20. The van der Waals surface area contributed by atoms with Crippen LogP contribution in [-0.2, 0) is 4.74 Å². The van der Waals surface area contributed by atoms with Crippen molar-refractivity contribution >= 4 is 11.6 Å². The largest absolute Gasteiger partial charge is 0.457 e. The quantitative estimate of drug-likeness (QED) is 0.724. The van der Waals surface area contributed by atoms with E-state index >= 15 is 0 Å². The summed E-state index contributed by atoms with van der Waals surface area (Å²) in [7, 11) is 0. The van der Waals surface area contributed by atoms with Crippen molar-refractivity contribution in [3.05, 3.63) is 60.2 Å². The van der Waals surface area contributed by atoms with Crippen molar-refractivity contribution in [2.45, 2.75) is 24.8 Å². The molecule has 2 nitrogen and oxygen atoms in total. The van der Waals surface area contributed by atoms with Crippen molar-refractivity contribution in [3.8, 4) is 11.5 Å². The molecule has 0 radical (unpaired) electrons. The Labute approximate surface area is 130 Å². The van der Waals surface area contributed by atoms with Gasteiger partial charge >= 0.3 is 0 Å². The molecule has 0 aliphatic carbocycles. The van der Waals surface area contributed by atoms with Gasteiger partial charge in [-0.2, -0.15) is 0 Å². The molecule has 0 N–H and O–H groups in total. The molecule has 2 aromatic carbocycles. The summed E-state index contributed by atoms with van der Waals surface area (Å²) < 4.78 is 11.4. The van der Waals surface area contributed by atoms with E-state index in [9.17, 15) is 0 Å². The van der Waals surface area contributed by atoms with E-state index in [1.54, 1.807) is 0 Å². The van der Waals surface area contributed by atoms with E-state index in [4.69, 9.17) is 21.1 Å². The lowest BCUT2D eigenvalue weighted by atomic mass is 9.93. The minimum atomic E-state index is -0.00623. The predicted octanol–water partition coefficient (Wildman–Crippen LogP) is 5.18. The fraction of sp³-hybridized carbons (Fsp3) is 0.333. The van der Waals surface area contributed by atoms with E-state index < -0.39 is 0 Å². The molecule has 1 heterocycles. The molecule has 3 rings (SSSR count). The van der Waals surface area contributed by atoms with Crippen LogP contribution < -0.4 is 4.74 Å². The van der Waals surface area contributed by atoms with Gasteiger partial charge in [0.15, 0.2) is 0 Å². The number of benzene rings is 2. The van der Waals surface area contributed by atoms with Crippen LogP contribution in [0.1, 0.15) is 24.3 Å². The van der Waals surface area contributed by atoms with Gasteiger partial charge in [0, 0.05) is 12.5 Å². The third-order valence-electron chi connectivity index (χ3n) is 3.99. The summed E-state index contributed by atoms with van der Waals surface area (Å²) in [5.74, 6) is 2.04. The lowest BCUT2D eigenvalue weighted by Crippen LogP contribution is -2.16. The molecule has 0 saturated carbocycles. The Morgan fingerprint density at radius 2 is 1.71 bits per heavy atom. The molecule has 3 atom stereocenters. The Bertz CT molecular complexity index is 568. The standard InChI is InChI=1S/C18H19ClO2/c1-13-17(11-12-20-13)18(19)14-7-9-16(10-8-14)21-15-5-3-2-4-6-15/h2-10,13,17-18H,11-12H2,1H3. The van der Waals surface area contributed by atoms with Crippen molar-refractivity contribution in [3.63, 3.8) is 0 Å². The monoisotopic (exact) mass is 302 g/mol. The van der Waals surface area contributed by atoms with Gasteiger partial charge in [-0.05, 0) is 43.2 Å². The zero-order valence-electron chi connectivity index (χ0n) is 12.0. The van der Waals surface area contributed by atoms with Crippen LogP contribution in [0.4, 0.5) is 0 Å². The van der Waals surface area contributed by atoms with E-state index in [0.717, 1.165) is 30.1 Å². The molecule has 0 bridgehead atoms. The number of hydrogen-bond donors (Lipinski definition) is 0. The zero-order valence-corrected chi connectivity index (χ0v) is 12.8. The molecule has 2 aromatic rings. The summed E-state index contributed by atoms with van der Waals surface area (Å²) in [4.78, 5) is 0. The van der Waals surface area contributed by atoms with Crippen LogP contribution in [0.5, 0.6) is 11.5 Å². The molecule has 0 amide bonds. The molecule has 21 heavy (non-hydrogen) atoms. The second-order valence-corrected chi connectivity index (χ2v) is 5.88. The third-order valence-corrected chi connectivity index (χ3v) is 4.56. The van der Waals surface area contributed by atoms with Crippen LogP contribution in [0.3, 0.4) is 0 Å². The third kappa shape index (κ3) is 3.39. The second kappa shape index (κ2) is 6.50. The fourth-order valence-electron chi connectivity index (χ4n) is 2.72. The van der Waals surface area contributed by atoms with Crippen LogP contribution in [-0.4, -0.2) is 12.7 Å². The maximum Gasteiger partial charge on any atom is 0.127 e. The van der Waals surface area contributed by atoms with E-state index in [1.807, 2.05) is 54.6 Å². The SMILES string of the molecule is CC1OCCC1C(Cl)c1ccc(Oc2ccccc2)cc1. The minimum Gasteiger partial charge on any atom is -0.457 e. The van der Waals surface area contributed by atoms with Crippen LogP contribution in [0, 0.1) is 5.92 Å². The average molecular weight is 303 g/mol. The van der Waals surface area contributed by atoms with Gasteiger partial charge in [-0.25, -0.2) is 0 Å². The molecule has 1 saturated heterocycles. The molecule has 3 heteroatoms. The highest BCUT2D eigenvalue weighted by molar-refractivity contribution is 6.21. The molecule has 3 unspecified atom stereocenters. The maximum atomic E-state index is 6.60. The molecular weight excluding hydrogens is 284 g/mol. The Morgan fingerprint density at radius 3 is 2.33 bits per heavy atom. The van der Waals surface area contributed by atoms with Gasteiger partial charge in [0.1, 0.15) is 11.5 Å². The van der Waals surface area contributed by atoms with Crippen molar-refractivity contribution in [2.75, 3.05) is 6.61 Å². The van der Waals surface area contributed by atoms with Crippen LogP contribution >= 0.6 is 11.6 Å². The number of rotatable bonds is 4. The van der Waals surface area contributed by atoms with E-state index in [0.29, 0.717) is 5.92 Å². The number of para-hydroxylation sites is 1. The molecule has 0 aromatic heterocycles. The Morgan fingerprint density at radius 1 is 1.05 bits per heavy atom. The average Bonchev–Trinajstić information content (AvgIpc) is 2.94. The van der Waals surface area contributed by atoms with Crippen LogP contribution in [0.15, 0.2) is 54.6 Å². The van der Waals surface area contributed by atoms with Crippen molar-refractivity contribution in [1.29, 1.82) is 0 Å². The van der Waals surface area contributed by atoms with Crippen molar-refractivity contribution in [1.82, 2.24) is 0 Å². The first kappa shape index (κ1) is 14.4. The Kier molecular flexibility index (Phi) is 4.47. The van der Waals surface area contributed by atoms with Gasteiger partial charge in [-0.3, -0.25) is 0 Å². The normalized spacial score (nSPS) is 23.0. The van der Waals surface area contributed by atoms with E-state index in [-0.39, 0.29) is 11.5 Å². The summed E-state index contributed by atoms with van der Waals surface area (Å²) in [6.45, 7) is 2.91. The van der Waals surface area contributed by atoms with E-state index in [1.165, 1.54) is 0 Å². The highest BCUT2D eigenvalue weighted by atomic mass is 35.5. The number of alkyl halides is 1. The first-order valence-electron chi connectivity index (χ1n) is 7.32. The maximum absolute atomic E-state index is 6.60. The lowest BCUT2D eigenvalue weighted by molar-refractivity contribution is 0.105. The molecular formula is C18H19ClO2. The molecule has 110 valence electrons. The highest BCUT2D eigenvalue weighted by Gasteiger charge is 2.31. The fourth-order valence-corrected chi connectivity index (χ4v) is 3.20. The van der Waals surface area contributed by atoms with Gasteiger partial charge in [-0.1, -0.05) is 30.3 Å². The van der Waals surface area contributed by atoms with Gasteiger partial charge in [0.25, 0.3) is 0 Å². The molecule has 0 spiro atoms. The number of ether oxygens (including phenoxy) is 2. The predicted molar refractivity (Wildman–Crippen MR) is 85.1 cm³/mol. The van der Waals surface area contributed by atoms with Gasteiger partial charge in [0.2, 0.25) is 0 Å². The van der Waals surface area contributed by atoms with Crippen molar-refractivity contribution < 1.29 is 9.47 Å². The number of hydrogen-bond acceptors (Lipinski definition) is 2. The molecule has 1 fully saturated rings. The van der Waals surface area contributed by atoms with Gasteiger partial charge in [0.05, 0.1) is 11.5 Å². The van der Waals surface area contributed by atoms with Crippen LogP contribution in [0.25, 0.3) is 0 Å². The summed E-state index contributed by atoms with van der Waals surface area (Å²) >= 11 is 6.60. The molecule has 1 aliphatic heterocycles. The Balaban J connectivity index is 1.69. The van der Waals surface area contributed by atoms with Gasteiger partial charge < -0.3 is 9.47 Å². The summed E-state index contributed by atoms with van der Waals surface area (Å²) in [6, 6.07) is 17.8. The first-order chi connectivity index (χ1) is 10.2. The topological polar surface area (TPSA) is 18.5 Å². The summed E-state index contributed by atoms with van der Waals surface area (Å²) in [5.41, 5.74) is 1.12. The minimum absolute atomic E-state index is 0.00623. The van der Waals surface area contributed by atoms with E-state index in [2.05, 4.69) is 6.92 Å². The molecule has 1 aliphatic rings. The summed E-state index contributed by atoms with van der Waals surface area (Å²) in [6.07, 6.45) is 1.25. The van der Waals surface area contributed by atoms with Crippen molar-refractivity contribution in [2.24, 2.45) is 5.92 Å². The number of halogens is 1. The second-order valence-electron chi connectivity index (χ2n) is 5.41. The Hall–Kier alpha value is -1.51. The zero-order chi connectivity index (χ0) is 14.7. The van der Waals surface area contributed by atoms with Crippen LogP contribution in [0.2, 0.25) is 0 Å². The summed E-state index contributed by atoms with van der Waals surface area (Å²) in [5, 5.41) is -0.00623.